The van der Waals surface area contributed by atoms with Crippen LogP contribution in [-0.4, -0.2) is 28.6 Å². The summed E-state index contributed by atoms with van der Waals surface area (Å²) >= 11 is 0. The summed E-state index contributed by atoms with van der Waals surface area (Å²) in [5.74, 6) is -0.953. The molecule has 8 heteroatoms. The van der Waals surface area contributed by atoms with Gasteiger partial charge in [0.1, 0.15) is 5.60 Å². The van der Waals surface area contributed by atoms with Crippen molar-refractivity contribution in [3.8, 4) is 0 Å². The summed E-state index contributed by atoms with van der Waals surface area (Å²) in [6.45, 7) is 6.55. The molecule has 0 saturated heterocycles. The maximum absolute atomic E-state index is 13.4. The van der Waals surface area contributed by atoms with E-state index in [9.17, 15) is 19.6 Å². The number of nitrogens with zero attached hydrogens (tertiary/aromatic N) is 1. The minimum Gasteiger partial charge on any atom is -0.444 e. The Kier molecular flexibility index (Phi) is 5.65. The standard InChI is InChI=1S/C22H24N2O6/c1-14(25)16-10-11-18-17(12-16)22(30-28,23-20(27)29-21(2,3)4)19(26)24(18)13-15-8-6-5-7-9-15/h5-12,28H,13H2,1-4H3,(H,23,27)/t22-/m0/s1. The average molecular weight is 412 g/mol. The number of Topliss-reactive ketones (excluding diaryl/α,β-unsaturated/α-hetero) is 1. The molecular weight excluding hydrogens is 388 g/mol. The van der Waals surface area contributed by atoms with E-state index in [-0.39, 0.29) is 17.9 Å². The van der Waals surface area contributed by atoms with Crippen molar-refractivity contribution in [2.24, 2.45) is 0 Å². The summed E-state index contributed by atoms with van der Waals surface area (Å²) in [6.07, 6.45) is -0.953. The summed E-state index contributed by atoms with van der Waals surface area (Å²) < 4.78 is 5.24. The molecule has 1 aliphatic rings. The maximum atomic E-state index is 13.4. The molecule has 0 spiro atoms. The number of rotatable bonds is 5. The fourth-order valence-corrected chi connectivity index (χ4v) is 3.29. The molecule has 3 rings (SSSR count). The van der Waals surface area contributed by atoms with Crippen LogP contribution in [0.2, 0.25) is 0 Å². The molecule has 0 aromatic heterocycles. The number of benzene rings is 2. The molecule has 0 unspecified atom stereocenters. The van der Waals surface area contributed by atoms with Gasteiger partial charge in [0.15, 0.2) is 5.78 Å². The molecule has 2 aromatic rings. The molecule has 2 aromatic carbocycles. The van der Waals surface area contributed by atoms with Gasteiger partial charge in [-0.1, -0.05) is 30.3 Å². The molecule has 0 radical (unpaired) electrons. The lowest BCUT2D eigenvalue weighted by Crippen LogP contribution is -2.55. The summed E-state index contributed by atoms with van der Waals surface area (Å²) in [4.78, 5) is 43.7. The van der Waals surface area contributed by atoms with Crippen molar-refractivity contribution in [1.29, 1.82) is 0 Å². The summed E-state index contributed by atoms with van der Waals surface area (Å²) in [5, 5.41) is 12.1. The van der Waals surface area contributed by atoms with Crippen LogP contribution in [0.1, 0.15) is 49.2 Å². The number of ether oxygens (including phenoxy) is 1. The smallest absolute Gasteiger partial charge is 0.410 e. The van der Waals surface area contributed by atoms with Gasteiger partial charge in [0.2, 0.25) is 0 Å². The van der Waals surface area contributed by atoms with Gasteiger partial charge in [-0.15, -0.1) is 0 Å². The highest BCUT2D eigenvalue weighted by Crippen LogP contribution is 2.42. The van der Waals surface area contributed by atoms with Gasteiger partial charge in [0, 0.05) is 11.1 Å². The zero-order chi connectivity index (χ0) is 22.1. The monoisotopic (exact) mass is 412 g/mol. The molecule has 158 valence electrons. The van der Waals surface area contributed by atoms with E-state index in [4.69, 9.17) is 4.74 Å². The predicted octanol–water partition coefficient (Wildman–Crippen LogP) is 3.60. The van der Waals surface area contributed by atoms with Crippen LogP contribution in [0.5, 0.6) is 0 Å². The molecule has 1 atom stereocenters. The second kappa shape index (κ2) is 7.89. The van der Waals surface area contributed by atoms with E-state index < -0.39 is 23.3 Å². The van der Waals surface area contributed by atoms with Crippen molar-refractivity contribution in [3.05, 3.63) is 65.2 Å². The quantitative estimate of drug-likeness (QED) is 0.336. The van der Waals surface area contributed by atoms with Gasteiger partial charge in [-0.05, 0) is 51.5 Å². The number of nitrogens with one attached hydrogen (secondary N) is 1. The zero-order valence-electron chi connectivity index (χ0n) is 17.3. The Morgan fingerprint density at radius 3 is 2.37 bits per heavy atom. The lowest BCUT2D eigenvalue weighted by Gasteiger charge is -2.28. The van der Waals surface area contributed by atoms with Crippen LogP contribution in [-0.2, 0) is 26.7 Å². The molecule has 0 saturated carbocycles. The van der Waals surface area contributed by atoms with Crippen molar-refractivity contribution in [1.82, 2.24) is 5.32 Å². The first-order valence-corrected chi connectivity index (χ1v) is 9.42. The highest BCUT2D eigenvalue weighted by Gasteiger charge is 2.55. The molecule has 8 nitrogen and oxygen atoms in total. The van der Waals surface area contributed by atoms with Crippen molar-refractivity contribution >= 4 is 23.5 Å². The van der Waals surface area contributed by atoms with Gasteiger partial charge >= 0.3 is 6.09 Å². The lowest BCUT2D eigenvalue weighted by molar-refractivity contribution is -0.321. The molecular formula is C22H24N2O6. The molecule has 2 N–H and O–H groups in total. The fourth-order valence-electron chi connectivity index (χ4n) is 3.29. The topological polar surface area (TPSA) is 105 Å². The van der Waals surface area contributed by atoms with Gasteiger partial charge < -0.3 is 9.64 Å². The van der Waals surface area contributed by atoms with Gasteiger partial charge in [0.05, 0.1) is 12.2 Å². The Hall–Kier alpha value is -3.23. The van der Waals surface area contributed by atoms with Crippen LogP contribution in [0.4, 0.5) is 10.5 Å². The maximum Gasteiger partial charge on any atom is 0.410 e. The minimum atomic E-state index is -2.24. The van der Waals surface area contributed by atoms with E-state index in [1.165, 1.54) is 17.9 Å². The summed E-state index contributed by atoms with van der Waals surface area (Å²) in [5.41, 5.74) is -1.40. The van der Waals surface area contributed by atoms with Gasteiger partial charge in [-0.2, -0.15) is 4.89 Å². The Morgan fingerprint density at radius 1 is 1.13 bits per heavy atom. The summed E-state index contributed by atoms with van der Waals surface area (Å²) in [6, 6.07) is 13.8. The Bertz CT molecular complexity index is 983. The number of hydrogen-bond acceptors (Lipinski definition) is 6. The van der Waals surface area contributed by atoms with Gasteiger partial charge in [0.25, 0.3) is 11.6 Å². The number of carbonyl (C=O) groups excluding carboxylic acids is 3. The first-order valence-electron chi connectivity index (χ1n) is 9.42. The molecule has 2 amide bonds. The Morgan fingerprint density at radius 2 is 1.80 bits per heavy atom. The second-order valence-electron chi connectivity index (χ2n) is 8.06. The lowest BCUT2D eigenvalue weighted by atomic mass is 10.00. The van der Waals surface area contributed by atoms with E-state index in [0.29, 0.717) is 11.3 Å². The van der Waals surface area contributed by atoms with Crippen molar-refractivity contribution < 1.29 is 29.3 Å². The highest BCUT2D eigenvalue weighted by atomic mass is 17.1. The fraction of sp³-hybridized carbons (Fsp3) is 0.318. The third-order valence-corrected chi connectivity index (χ3v) is 4.62. The van der Waals surface area contributed by atoms with Crippen LogP contribution < -0.4 is 10.2 Å². The number of fused-ring (bicyclic) bond motifs is 1. The van der Waals surface area contributed by atoms with E-state index in [2.05, 4.69) is 10.2 Å². The van der Waals surface area contributed by atoms with E-state index >= 15 is 0 Å². The van der Waals surface area contributed by atoms with Crippen LogP contribution in [0.3, 0.4) is 0 Å². The number of ketones is 1. The zero-order valence-corrected chi connectivity index (χ0v) is 17.3. The predicted molar refractivity (Wildman–Crippen MR) is 109 cm³/mol. The molecule has 30 heavy (non-hydrogen) atoms. The van der Waals surface area contributed by atoms with Gasteiger partial charge in [-0.25, -0.2) is 10.1 Å². The number of anilines is 1. The van der Waals surface area contributed by atoms with E-state index in [1.807, 2.05) is 30.3 Å². The first kappa shape index (κ1) is 21.5. The first-order chi connectivity index (χ1) is 14.1. The van der Waals surface area contributed by atoms with E-state index in [1.54, 1.807) is 32.9 Å². The van der Waals surface area contributed by atoms with Crippen molar-refractivity contribution in [3.63, 3.8) is 0 Å². The average Bonchev–Trinajstić information content (AvgIpc) is 2.89. The normalized spacial score (nSPS) is 18.2. The molecule has 1 heterocycles. The van der Waals surface area contributed by atoms with Crippen LogP contribution >= 0.6 is 0 Å². The van der Waals surface area contributed by atoms with Crippen molar-refractivity contribution in [2.75, 3.05) is 4.90 Å². The molecule has 0 fully saturated rings. The third-order valence-electron chi connectivity index (χ3n) is 4.62. The second-order valence-corrected chi connectivity index (χ2v) is 8.06. The Balaban J connectivity index is 2.08. The number of carbonyl (C=O) groups is 3. The van der Waals surface area contributed by atoms with Gasteiger partial charge in [-0.3, -0.25) is 14.9 Å². The number of amides is 2. The number of alkyl carbamates (subject to hydrolysis) is 1. The van der Waals surface area contributed by atoms with Crippen LogP contribution in [0.25, 0.3) is 0 Å². The van der Waals surface area contributed by atoms with Crippen molar-refractivity contribution in [2.45, 2.75) is 45.6 Å². The van der Waals surface area contributed by atoms with Crippen LogP contribution in [0, 0.1) is 0 Å². The Labute approximate surface area is 174 Å². The summed E-state index contributed by atoms with van der Waals surface area (Å²) in [7, 11) is 0. The molecule has 0 bridgehead atoms. The highest BCUT2D eigenvalue weighted by molar-refractivity contribution is 6.09. The van der Waals surface area contributed by atoms with Crippen LogP contribution in [0.15, 0.2) is 48.5 Å². The number of hydrogen-bond donors (Lipinski definition) is 2. The SMILES string of the molecule is CC(=O)c1ccc2c(c1)[C@](NC(=O)OC(C)(C)C)(OO)C(=O)N2Cc1ccccc1. The third kappa shape index (κ3) is 4.05. The largest absolute Gasteiger partial charge is 0.444 e. The minimum absolute atomic E-state index is 0.143. The van der Waals surface area contributed by atoms with E-state index in [0.717, 1.165) is 5.56 Å². The molecule has 0 aliphatic carbocycles. The molecule has 1 aliphatic heterocycles.